The van der Waals surface area contributed by atoms with Gasteiger partial charge in [-0.2, -0.15) is 12.6 Å². The lowest BCUT2D eigenvalue weighted by molar-refractivity contribution is -0.150. The first-order chi connectivity index (χ1) is 21.7. The Morgan fingerprint density at radius 3 is 2.02 bits per heavy atom. The van der Waals surface area contributed by atoms with Crippen molar-refractivity contribution in [2.45, 2.75) is 61.8 Å². The highest BCUT2D eigenvalue weighted by atomic mass is 32.1. The van der Waals surface area contributed by atoms with E-state index in [0.29, 0.717) is 43.2 Å². The third-order valence-electron chi connectivity index (χ3n) is 8.72. The van der Waals surface area contributed by atoms with E-state index in [1.165, 1.54) is 9.80 Å². The molecule has 234 valence electrons. The van der Waals surface area contributed by atoms with Crippen molar-refractivity contribution in [2.24, 2.45) is 0 Å². The third-order valence-corrected chi connectivity index (χ3v) is 9.21. The number of carboxylic acid groups (broad SMARTS) is 1. The smallest absolute Gasteiger partial charge is 0.326 e. The lowest BCUT2D eigenvalue weighted by atomic mass is 9.89. The summed E-state index contributed by atoms with van der Waals surface area (Å²) < 4.78 is 0. The SMILES string of the molecule is O=C(NC1(CCc2ccccc2)CCN([C@@H](Cc2ccccc2)C(=O)O)C1=O)C(S)CCCCN1C(=O)c2ccccc2C1=O. The molecule has 4 amide bonds. The molecule has 0 spiro atoms. The van der Waals surface area contributed by atoms with Gasteiger partial charge in [0, 0.05) is 19.5 Å². The zero-order chi connectivity index (χ0) is 32.0. The Hall–Kier alpha value is -4.44. The molecule has 1 saturated heterocycles. The highest BCUT2D eigenvalue weighted by molar-refractivity contribution is 7.81. The fourth-order valence-corrected chi connectivity index (χ4v) is 6.42. The number of rotatable bonds is 14. The average molecular weight is 628 g/mol. The Labute approximate surface area is 268 Å². The van der Waals surface area contributed by atoms with Crippen LogP contribution in [0.5, 0.6) is 0 Å². The van der Waals surface area contributed by atoms with Gasteiger partial charge in [0.1, 0.15) is 11.6 Å². The fourth-order valence-electron chi connectivity index (χ4n) is 6.17. The summed E-state index contributed by atoms with van der Waals surface area (Å²) in [6.45, 7) is 0.441. The number of fused-ring (bicyclic) bond motifs is 1. The van der Waals surface area contributed by atoms with Gasteiger partial charge in [0.2, 0.25) is 11.8 Å². The van der Waals surface area contributed by atoms with Gasteiger partial charge in [-0.1, -0.05) is 79.2 Å². The Bertz CT molecular complexity index is 1530. The summed E-state index contributed by atoms with van der Waals surface area (Å²) in [4.78, 5) is 67.8. The van der Waals surface area contributed by atoms with Crippen molar-refractivity contribution >= 4 is 42.2 Å². The maximum Gasteiger partial charge on any atom is 0.326 e. The number of likely N-dealkylation sites (tertiary alicyclic amines) is 1. The number of carboxylic acids is 1. The van der Waals surface area contributed by atoms with Crippen LogP contribution in [0.25, 0.3) is 0 Å². The van der Waals surface area contributed by atoms with E-state index in [-0.39, 0.29) is 37.7 Å². The van der Waals surface area contributed by atoms with Gasteiger partial charge < -0.3 is 15.3 Å². The molecule has 3 aromatic rings. The summed E-state index contributed by atoms with van der Waals surface area (Å²) in [5.74, 6) is -2.53. The van der Waals surface area contributed by atoms with Crippen molar-refractivity contribution in [3.05, 3.63) is 107 Å². The number of imide groups is 1. The van der Waals surface area contributed by atoms with Gasteiger partial charge in [-0.3, -0.25) is 24.1 Å². The topological polar surface area (TPSA) is 124 Å². The lowest BCUT2D eigenvalue weighted by Gasteiger charge is -2.32. The summed E-state index contributed by atoms with van der Waals surface area (Å²) in [7, 11) is 0. The molecular weight excluding hydrogens is 590 g/mol. The number of amides is 4. The molecule has 0 radical (unpaired) electrons. The van der Waals surface area contributed by atoms with E-state index in [9.17, 15) is 29.1 Å². The van der Waals surface area contributed by atoms with E-state index in [4.69, 9.17) is 0 Å². The van der Waals surface area contributed by atoms with Gasteiger partial charge >= 0.3 is 5.97 Å². The quantitative estimate of drug-likeness (QED) is 0.140. The number of carbonyl (C=O) groups excluding carboxylic acids is 4. The first kappa shape index (κ1) is 32.0. The van der Waals surface area contributed by atoms with Crippen molar-refractivity contribution in [1.82, 2.24) is 15.1 Å². The zero-order valence-corrected chi connectivity index (χ0v) is 25.8. The first-order valence-electron chi connectivity index (χ1n) is 15.3. The summed E-state index contributed by atoms with van der Waals surface area (Å²) in [5.41, 5.74) is 1.35. The standard InChI is InChI=1S/C35H37N3O6S/c39-30(29(45)17-9-10-21-38-31(40)26-15-7-8-16-27(26)32(38)41)36-35(19-18-24-11-3-1-4-12-24)20-22-37(34(35)44)28(33(42)43)23-25-13-5-2-6-14-25/h1-8,11-16,28-29,45H,9-10,17-23H2,(H,36,39)(H,42,43)/t28-,29?,35?/m0/s1. The lowest BCUT2D eigenvalue weighted by Crippen LogP contribution is -2.58. The van der Waals surface area contributed by atoms with Crippen molar-refractivity contribution in [3.8, 4) is 0 Å². The van der Waals surface area contributed by atoms with Crippen LogP contribution in [-0.2, 0) is 27.2 Å². The van der Waals surface area contributed by atoms with Crippen molar-refractivity contribution in [1.29, 1.82) is 0 Å². The number of hydrogen-bond acceptors (Lipinski definition) is 6. The van der Waals surface area contributed by atoms with Crippen LogP contribution in [0, 0.1) is 0 Å². The van der Waals surface area contributed by atoms with Gasteiger partial charge in [0.15, 0.2) is 0 Å². The van der Waals surface area contributed by atoms with Crippen LogP contribution in [0.4, 0.5) is 0 Å². The largest absolute Gasteiger partial charge is 0.480 e. The van der Waals surface area contributed by atoms with Gasteiger partial charge in [0.25, 0.3) is 11.8 Å². The normalized spacial score (nSPS) is 19.0. The molecule has 2 aliphatic rings. The van der Waals surface area contributed by atoms with Gasteiger partial charge in [-0.05, 0) is 55.4 Å². The third kappa shape index (κ3) is 7.12. The molecule has 3 atom stereocenters. The second-order valence-electron chi connectivity index (χ2n) is 11.7. The van der Waals surface area contributed by atoms with Crippen LogP contribution in [0.1, 0.15) is 63.9 Å². The van der Waals surface area contributed by atoms with Gasteiger partial charge in [-0.15, -0.1) is 0 Å². The number of nitrogens with one attached hydrogen (secondary N) is 1. The molecule has 0 aromatic heterocycles. The number of unbranched alkanes of at least 4 members (excludes halogenated alkanes) is 1. The highest BCUT2D eigenvalue weighted by Crippen LogP contribution is 2.31. The second-order valence-corrected chi connectivity index (χ2v) is 12.3. The number of aryl methyl sites for hydroxylation is 1. The zero-order valence-electron chi connectivity index (χ0n) is 24.9. The molecule has 9 nitrogen and oxygen atoms in total. The van der Waals surface area contributed by atoms with Crippen LogP contribution in [0.15, 0.2) is 84.9 Å². The molecule has 2 aliphatic heterocycles. The number of nitrogens with zero attached hydrogens (tertiary/aromatic N) is 2. The molecule has 3 aromatic carbocycles. The van der Waals surface area contributed by atoms with E-state index >= 15 is 0 Å². The summed E-state index contributed by atoms with van der Waals surface area (Å²) in [6.07, 6.45) is 2.68. The van der Waals surface area contributed by atoms with E-state index in [0.717, 1.165) is 11.1 Å². The monoisotopic (exact) mass is 627 g/mol. The maximum absolute atomic E-state index is 14.1. The number of aliphatic carboxylic acids is 1. The van der Waals surface area contributed by atoms with Gasteiger partial charge in [0.05, 0.1) is 16.4 Å². The highest BCUT2D eigenvalue weighted by Gasteiger charge is 2.51. The molecule has 0 bridgehead atoms. The number of carbonyl (C=O) groups is 5. The number of benzene rings is 3. The van der Waals surface area contributed by atoms with Crippen LogP contribution < -0.4 is 5.32 Å². The summed E-state index contributed by atoms with van der Waals surface area (Å²) in [6, 6.07) is 24.5. The maximum atomic E-state index is 14.1. The van der Waals surface area contributed by atoms with E-state index < -0.39 is 34.6 Å². The number of thiol groups is 1. The van der Waals surface area contributed by atoms with Crippen molar-refractivity contribution in [2.75, 3.05) is 13.1 Å². The molecule has 2 unspecified atom stereocenters. The van der Waals surface area contributed by atoms with E-state index in [1.807, 2.05) is 60.7 Å². The molecular formula is C35H37N3O6S. The predicted octanol–water partition coefficient (Wildman–Crippen LogP) is 4.17. The number of hydrogen-bond donors (Lipinski definition) is 3. The minimum atomic E-state index is -1.27. The Balaban J connectivity index is 1.23. The fraction of sp³-hybridized carbons (Fsp3) is 0.343. The van der Waals surface area contributed by atoms with Crippen LogP contribution in [-0.4, -0.2) is 74.4 Å². The predicted molar refractivity (Wildman–Crippen MR) is 172 cm³/mol. The first-order valence-corrected chi connectivity index (χ1v) is 15.8. The molecule has 0 aliphatic carbocycles. The Morgan fingerprint density at radius 1 is 0.844 bits per heavy atom. The molecule has 5 rings (SSSR count). The average Bonchev–Trinajstić information content (AvgIpc) is 3.49. The Kier molecular flexibility index (Phi) is 10.0. The van der Waals surface area contributed by atoms with Crippen molar-refractivity contribution in [3.63, 3.8) is 0 Å². The van der Waals surface area contributed by atoms with Crippen molar-refractivity contribution < 1.29 is 29.1 Å². The minimum Gasteiger partial charge on any atom is -0.480 e. The Morgan fingerprint density at radius 2 is 1.42 bits per heavy atom. The second kappa shape index (κ2) is 14.1. The molecule has 2 N–H and O–H groups in total. The van der Waals surface area contributed by atoms with Crippen LogP contribution in [0.2, 0.25) is 0 Å². The minimum absolute atomic E-state index is 0.160. The summed E-state index contributed by atoms with van der Waals surface area (Å²) in [5, 5.41) is 12.4. The van der Waals surface area contributed by atoms with E-state index in [1.54, 1.807) is 24.3 Å². The van der Waals surface area contributed by atoms with Crippen LogP contribution in [0.3, 0.4) is 0 Å². The molecule has 0 saturated carbocycles. The molecule has 45 heavy (non-hydrogen) atoms. The van der Waals surface area contributed by atoms with Crippen LogP contribution >= 0.6 is 12.6 Å². The molecule has 10 heteroatoms. The summed E-state index contributed by atoms with van der Waals surface area (Å²) >= 11 is 4.54. The van der Waals surface area contributed by atoms with E-state index in [2.05, 4.69) is 17.9 Å². The van der Waals surface area contributed by atoms with Gasteiger partial charge in [-0.25, -0.2) is 4.79 Å². The molecule has 1 fully saturated rings. The molecule has 2 heterocycles.